The van der Waals surface area contributed by atoms with Crippen LogP contribution in [0.4, 0.5) is 27.8 Å². The number of anilines is 1. The lowest BCUT2D eigenvalue weighted by Gasteiger charge is -2.33. The second kappa shape index (κ2) is 13.2. The summed E-state index contributed by atoms with van der Waals surface area (Å²) >= 11 is 0. The minimum Gasteiger partial charge on any atom is -0.355 e. The normalized spacial score (nSPS) is 16.2. The van der Waals surface area contributed by atoms with Crippen molar-refractivity contribution < 1.29 is 44.8 Å². The molecule has 4 rings (SSSR count). The summed E-state index contributed by atoms with van der Waals surface area (Å²) in [6.45, 7) is 0.519. The molecule has 0 bridgehead atoms. The maximum absolute atomic E-state index is 13.9. The second-order valence-electron chi connectivity index (χ2n) is 10.6. The van der Waals surface area contributed by atoms with Gasteiger partial charge in [0.1, 0.15) is 23.5 Å². The number of nitrogens with zero attached hydrogens (tertiary/aromatic N) is 4. The van der Waals surface area contributed by atoms with Crippen molar-refractivity contribution >= 4 is 33.4 Å². The van der Waals surface area contributed by atoms with Gasteiger partial charge in [0.15, 0.2) is 5.78 Å². The molecule has 16 heteroatoms. The van der Waals surface area contributed by atoms with Crippen LogP contribution in [0.15, 0.2) is 24.3 Å². The van der Waals surface area contributed by atoms with Crippen LogP contribution >= 0.6 is 0 Å². The van der Waals surface area contributed by atoms with Crippen molar-refractivity contribution in [2.45, 2.75) is 57.0 Å². The predicted octanol–water partition coefficient (Wildman–Crippen LogP) is 3.74. The van der Waals surface area contributed by atoms with E-state index < -0.39 is 64.0 Å². The Balaban J connectivity index is 1.49. The monoisotopic (exact) mass is 641 g/mol. The summed E-state index contributed by atoms with van der Waals surface area (Å²) in [5.41, 5.74) is -0.515. The summed E-state index contributed by atoms with van der Waals surface area (Å²) in [5, 5.41) is 9.80. The molecule has 1 N–H and O–H groups in total. The number of aromatic nitrogens is 1. The number of amides is 2. The predicted molar refractivity (Wildman–Crippen MR) is 145 cm³/mol. The topological polar surface area (TPSA) is 141 Å². The second-order valence-corrected chi connectivity index (χ2v) is 12.4. The Morgan fingerprint density at radius 3 is 2.41 bits per heavy atom. The van der Waals surface area contributed by atoms with Gasteiger partial charge in [-0.05, 0) is 31.4 Å². The zero-order chi connectivity index (χ0) is 32.2. The first-order chi connectivity index (χ1) is 20.7. The first kappa shape index (κ1) is 32.8. The molecule has 2 saturated heterocycles. The molecule has 2 aliphatic heterocycles. The highest BCUT2D eigenvalue weighted by atomic mass is 32.2. The number of pyridine rings is 1. The van der Waals surface area contributed by atoms with E-state index in [4.69, 9.17) is 0 Å². The van der Waals surface area contributed by atoms with Crippen LogP contribution in [0.3, 0.4) is 0 Å². The summed E-state index contributed by atoms with van der Waals surface area (Å²) in [5.74, 6) is -5.36. The first-order valence-corrected chi connectivity index (χ1v) is 15.4. The van der Waals surface area contributed by atoms with Crippen LogP contribution in [0.5, 0.6) is 0 Å². The quantitative estimate of drug-likeness (QED) is 0.306. The van der Waals surface area contributed by atoms with Gasteiger partial charge < -0.3 is 9.80 Å². The highest BCUT2D eigenvalue weighted by molar-refractivity contribution is 7.89. The Morgan fingerprint density at radius 1 is 1.11 bits per heavy atom. The Morgan fingerprint density at radius 2 is 1.82 bits per heavy atom. The third-order valence-corrected chi connectivity index (χ3v) is 8.63. The largest absolute Gasteiger partial charge is 0.389 e. The molecule has 2 amide bonds. The molecule has 0 unspecified atom stereocenters. The molecule has 236 valence electrons. The number of nitriles is 1. The number of sulfonamides is 1. The molecule has 1 aromatic carbocycles. The standard InChI is InChI=1S/C28H28F5N5O5S/c29-20-4-3-18(22(30)13-20)16-44(42,43)36-27(41)17-6-10-37(11-7-17)26-19(14-34)12-21(24(39)5-8-28(31,32)33)23(35-26)15-38-9-1-2-25(38)40/h3-4,12-13,17H,1-2,5-11,15-16H2,(H,36,41). The minimum absolute atomic E-state index is 0.0559. The molecule has 3 heterocycles. The number of Topliss-reactive ketones (excluding diaryl/α,β-unsaturated/α-hetero) is 1. The molecular weight excluding hydrogens is 613 g/mol. The van der Waals surface area contributed by atoms with Crippen molar-refractivity contribution in [3.8, 4) is 6.07 Å². The van der Waals surface area contributed by atoms with E-state index in [0.29, 0.717) is 19.0 Å². The number of hydrogen-bond donors (Lipinski definition) is 1. The fraction of sp³-hybridized carbons (Fsp3) is 0.464. The Kier molecular flexibility index (Phi) is 9.87. The number of likely N-dealkylation sites (tertiary alicyclic amines) is 1. The number of piperidine rings is 1. The highest BCUT2D eigenvalue weighted by Gasteiger charge is 2.33. The van der Waals surface area contributed by atoms with Gasteiger partial charge in [0.2, 0.25) is 21.8 Å². The van der Waals surface area contributed by atoms with E-state index in [1.165, 1.54) is 11.0 Å². The van der Waals surface area contributed by atoms with Crippen LogP contribution in [0.2, 0.25) is 0 Å². The zero-order valence-corrected chi connectivity index (χ0v) is 24.1. The van der Waals surface area contributed by atoms with Crippen LogP contribution in [0.25, 0.3) is 0 Å². The molecule has 0 atom stereocenters. The molecule has 0 radical (unpaired) electrons. The van der Waals surface area contributed by atoms with Crippen LogP contribution in [0.1, 0.15) is 65.7 Å². The molecule has 44 heavy (non-hydrogen) atoms. The van der Waals surface area contributed by atoms with E-state index in [1.54, 1.807) is 4.90 Å². The molecule has 0 saturated carbocycles. The van der Waals surface area contributed by atoms with Crippen LogP contribution < -0.4 is 9.62 Å². The molecule has 2 aliphatic rings. The molecule has 0 aliphatic carbocycles. The van der Waals surface area contributed by atoms with Gasteiger partial charge in [0.25, 0.3) is 0 Å². The maximum atomic E-state index is 13.9. The summed E-state index contributed by atoms with van der Waals surface area (Å²) < 4.78 is 92.3. The smallest absolute Gasteiger partial charge is 0.355 e. The number of rotatable bonds is 10. The number of carbonyl (C=O) groups excluding carboxylic acids is 3. The average Bonchev–Trinajstić information content (AvgIpc) is 3.36. The fourth-order valence-electron chi connectivity index (χ4n) is 5.14. The van der Waals surface area contributed by atoms with Crippen LogP contribution in [-0.4, -0.2) is 61.7 Å². The molecule has 1 aromatic heterocycles. The van der Waals surface area contributed by atoms with Gasteiger partial charge in [-0.25, -0.2) is 22.2 Å². The van der Waals surface area contributed by atoms with Gasteiger partial charge >= 0.3 is 6.18 Å². The minimum atomic E-state index is -4.57. The van der Waals surface area contributed by atoms with Gasteiger partial charge in [0, 0.05) is 55.6 Å². The van der Waals surface area contributed by atoms with Crippen molar-refractivity contribution in [2.75, 3.05) is 24.5 Å². The third kappa shape index (κ3) is 8.28. The number of halogens is 5. The molecule has 2 fully saturated rings. The average molecular weight is 642 g/mol. The van der Waals surface area contributed by atoms with Gasteiger partial charge in [0.05, 0.1) is 30.0 Å². The van der Waals surface area contributed by atoms with E-state index >= 15 is 0 Å². The zero-order valence-electron chi connectivity index (χ0n) is 23.3. The lowest BCUT2D eigenvalue weighted by molar-refractivity contribution is -0.133. The highest BCUT2D eigenvalue weighted by Crippen LogP contribution is 2.30. The van der Waals surface area contributed by atoms with E-state index in [9.17, 15) is 50.0 Å². The Bertz CT molecular complexity index is 1600. The van der Waals surface area contributed by atoms with Gasteiger partial charge in [-0.1, -0.05) is 6.07 Å². The summed E-state index contributed by atoms with van der Waals surface area (Å²) in [7, 11) is -4.31. The molecular formula is C28H28F5N5O5S. The van der Waals surface area contributed by atoms with Crippen LogP contribution in [-0.2, 0) is 31.9 Å². The number of nitrogens with one attached hydrogen (secondary N) is 1. The summed E-state index contributed by atoms with van der Waals surface area (Å²) in [4.78, 5) is 45.4. The molecule has 0 spiro atoms. The Labute approximate surface area is 249 Å². The van der Waals surface area contributed by atoms with Crippen LogP contribution in [0, 0.1) is 28.9 Å². The third-order valence-electron chi connectivity index (χ3n) is 7.43. The molecule has 2 aromatic rings. The van der Waals surface area contributed by atoms with Crippen molar-refractivity contribution in [1.29, 1.82) is 5.26 Å². The van der Waals surface area contributed by atoms with Crippen molar-refractivity contribution in [3.05, 3.63) is 58.3 Å². The lowest BCUT2D eigenvalue weighted by Crippen LogP contribution is -2.43. The van der Waals surface area contributed by atoms with Gasteiger partial charge in [-0.3, -0.25) is 19.1 Å². The van der Waals surface area contributed by atoms with Crippen molar-refractivity contribution in [3.63, 3.8) is 0 Å². The lowest BCUT2D eigenvalue weighted by atomic mass is 9.95. The number of carbonyl (C=O) groups is 3. The number of benzene rings is 1. The van der Waals surface area contributed by atoms with Gasteiger partial charge in [-0.2, -0.15) is 18.4 Å². The summed E-state index contributed by atoms with van der Waals surface area (Å²) in [6, 6.07) is 5.49. The SMILES string of the molecule is N#Cc1cc(C(=O)CCC(F)(F)F)c(CN2CCCC2=O)nc1N1CCC(C(=O)NS(=O)(=O)Cc2ccc(F)cc2F)CC1. The van der Waals surface area contributed by atoms with Crippen molar-refractivity contribution in [2.24, 2.45) is 5.92 Å². The number of hydrogen-bond acceptors (Lipinski definition) is 8. The Hall–Kier alpha value is -4.13. The maximum Gasteiger partial charge on any atom is 0.389 e. The molecule has 10 nitrogen and oxygen atoms in total. The first-order valence-electron chi connectivity index (χ1n) is 13.7. The van der Waals surface area contributed by atoms with E-state index in [1.807, 2.05) is 10.8 Å². The van der Waals surface area contributed by atoms with E-state index in [-0.39, 0.29) is 73.0 Å². The summed E-state index contributed by atoms with van der Waals surface area (Å²) in [6.07, 6.45) is -5.67. The number of ketones is 1. The van der Waals surface area contributed by atoms with E-state index in [2.05, 4.69) is 4.98 Å². The fourth-order valence-corrected chi connectivity index (χ4v) is 6.33. The van der Waals surface area contributed by atoms with Gasteiger partial charge in [-0.15, -0.1) is 0 Å². The van der Waals surface area contributed by atoms with Crippen molar-refractivity contribution in [1.82, 2.24) is 14.6 Å². The van der Waals surface area contributed by atoms with E-state index in [0.717, 1.165) is 12.1 Å². The number of alkyl halides is 3.